The number of anilines is 3. The van der Waals surface area contributed by atoms with Crippen LogP contribution in [0.1, 0.15) is 21.8 Å². The summed E-state index contributed by atoms with van der Waals surface area (Å²) in [6.45, 7) is 0. The van der Waals surface area contributed by atoms with E-state index in [0.717, 1.165) is 12.1 Å². The second kappa shape index (κ2) is 10.7. The van der Waals surface area contributed by atoms with Gasteiger partial charge in [0.25, 0.3) is 5.91 Å². The summed E-state index contributed by atoms with van der Waals surface area (Å²) in [4.78, 5) is 36.6. The molecule has 14 heteroatoms. The standard InChI is InChI=1S/C24H14Cl5F2N3O4/c25-10-5-9(6-11(26)7-10)17-18(24(17,28)29)22(36)32-12-1-2-14(27)13(8-12)21(35)34-20-15(30)3-4-16(19(20)31)33-23(37)38/h1-8,17-18,33H,(H,32,36)(H,34,35)(H,37,38). The lowest BCUT2D eigenvalue weighted by atomic mass is 10.1. The molecular weight excluding hydrogens is 610 g/mol. The molecule has 0 saturated heterocycles. The third kappa shape index (κ3) is 5.77. The van der Waals surface area contributed by atoms with Crippen LogP contribution in [0.2, 0.25) is 15.1 Å². The predicted molar refractivity (Wildman–Crippen MR) is 143 cm³/mol. The van der Waals surface area contributed by atoms with Gasteiger partial charge in [0.15, 0.2) is 5.82 Å². The van der Waals surface area contributed by atoms with Crippen molar-refractivity contribution in [2.75, 3.05) is 16.0 Å². The number of alkyl halides is 2. The molecule has 198 valence electrons. The fourth-order valence-electron chi connectivity index (χ4n) is 3.88. The van der Waals surface area contributed by atoms with Gasteiger partial charge in [-0.2, -0.15) is 0 Å². The maximum atomic E-state index is 14.6. The van der Waals surface area contributed by atoms with E-state index in [1.54, 1.807) is 17.4 Å². The van der Waals surface area contributed by atoms with Crippen molar-refractivity contribution in [2.45, 2.75) is 10.3 Å². The maximum Gasteiger partial charge on any atom is 0.409 e. The lowest BCUT2D eigenvalue weighted by Crippen LogP contribution is -2.19. The van der Waals surface area contributed by atoms with Gasteiger partial charge in [-0.25, -0.2) is 13.6 Å². The number of halogens is 7. The monoisotopic (exact) mass is 621 g/mol. The second-order valence-electron chi connectivity index (χ2n) is 8.18. The minimum absolute atomic E-state index is 0.0944. The molecule has 0 heterocycles. The zero-order valence-corrected chi connectivity index (χ0v) is 22.4. The fourth-order valence-corrected chi connectivity index (χ4v) is 5.45. The minimum atomic E-state index is -1.59. The van der Waals surface area contributed by atoms with Gasteiger partial charge in [-0.05, 0) is 54.1 Å². The van der Waals surface area contributed by atoms with Crippen LogP contribution in [0.3, 0.4) is 0 Å². The predicted octanol–water partition coefficient (Wildman–Crippen LogP) is 7.79. The van der Waals surface area contributed by atoms with Crippen LogP contribution in [0.4, 0.5) is 30.6 Å². The normalized spacial score (nSPS) is 17.4. The van der Waals surface area contributed by atoms with Gasteiger partial charge in [-0.15, -0.1) is 23.2 Å². The molecule has 0 aromatic heterocycles. The molecule has 2 atom stereocenters. The summed E-state index contributed by atoms with van der Waals surface area (Å²) in [6, 6.07) is 10.2. The van der Waals surface area contributed by atoms with Crippen molar-refractivity contribution in [3.63, 3.8) is 0 Å². The summed E-state index contributed by atoms with van der Waals surface area (Å²) in [6.07, 6.45) is -1.59. The van der Waals surface area contributed by atoms with E-state index in [0.29, 0.717) is 15.6 Å². The average Bonchev–Trinajstić information content (AvgIpc) is 3.41. The number of hydrogen-bond donors (Lipinski definition) is 4. The van der Waals surface area contributed by atoms with E-state index < -0.39 is 57.1 Å². The number of amides is 3. The summed E-state index contributed by atoms with van der Waals surface area (Å²) < 4.78 is 27.4. The van der Waals surface area contributed by atoms with Crippen molar-refractivity contribution in [1.82, 2.24) is 0 Å². The Morgan fingerprint density at radius 1 is 0.868 bits per heavy atom. The molecule has 1 saturated carbocycles. The third-order valence-corrected chi connectivity index (χ3v) is 7.34. The highest BCUT2D eigenvalue weighted by Gasteiger charge is 2.67. The summed E-state index contributed by atoms with van der Waals surface area (Å²) >= 11 is 30.9. The number of nitrogens with one attached hydrogen (secondary N) is 3. The first-order valence-corrected chi connectivity index (χ1v) is 12.4. The van der Waals surface area contributed by atoms with Gasteiger partial charge in [0.1, 0.15) is 15.8 Å². The van der Waals surface area contributed by atoms with Crippen LogP contribution in [0.25, 0.3) is 0 Å². The molecule has 1 fully saturated rings. The summed E-state index contributed by atoms with van der Waals surface area (Å²) in [5.74, 6) is -5.61. The van der Waals surface area contributed by atoms with E-state index in [9.17, 15) is 23.2 Å². The number of carbonyl (C=O) groups excluding carboxylic acids is 2. The Bertz CT molecular complexity index is 1470. The molecule has 0 aliphatic heterocycles. The SMILES string of the molecule is O=C(O)Nc1ccc(F)c(NC(=O)c2cc(NC(=O)C3C(c4cc(Cl)cc(Cl)c4)C3(Cl)Cl)ccc2Cl)c1F. The Balaban J connectivity index is 1.54. The van der Waals surface area contributed by atoms with E-state index in [-0.39, 0.29) is 16.3 Å². The first-order valence-electron chi connectivity index (χ1n) is 10.5. The highest BCUT2D eigenvalue weighted by atomic mass is 35.5. The topological polar surface area (TPSA) is 108 Å². The van der Waals surface area contributed by atoms with Gasteiger partial charge < -0.3 is 15.7 Å². The van der Waals surface area contributed by atoms with Crippen LogP contribution < -0.4 is 16.0 Å². The Morgan fingerprint density at radius 2 is 1.53 bits per heavy atom. The molecule has 3 aromatic carbocycles. The maximum absolute atomic E-state index is 14.6. The molecule has 4 N–H and O–H groups in total. The van der Waals surface area contributed by atoms with Crippen LogP contribution in [0.15, 0.2) is 48.5 Å². The molecule has 4 rings (SSSR count). The van der Waals surface area contributed by atoms with Crippen molar-refractivity contribution < 1.29 is 28.3 Å². The molecule has 3 amide bonds. The van der Waals surface area contributed by atoms with E-state index in [2.05, 4.69) is 5.32 Å². The van der Waals surface area contributed by atoms with Gasteiger partial charge in [-0.1, -0.05) is 34.8 Å². The molecule has 0 spiro atoms. The first kappa shape index (κ1) is 28.2. The van der Waals surface area contributed by atoms with Gasteiger partial charge in [-0.3, -0.25) is 14.9 Å². The molecule has 38 heavy (non-hydrogen) atoms. The van der Waals surface area contributed by atoms with Crippen LogP contribution in [0, 0.1) is 17.6 Å². The van der Waals surface area contributed by atoms with Crippen LogP contribution >= 0.6 is 58.0 Å². The highest BCUT2D eigenvalue weighted by Crippen LogP contribution is 2.65. The second-order valence-corrected chi connectivity index (χ2v) is 10.9. The number of carbonyl (C=O) groups is 3. The van der Waals surface area contributed by atoms with Gasteiger partial charge >= 0.3 is 6.09 Å². The lowest BCUT2D eigenvalue weighted by molar-refractivity contribution is -0.117. The number of carboxylic acid groups (broad SMARTS) is 1. The smallest absolute Gasteiger partial charge is 0.409 e. The molecule has 3 aromatic rings. The van der Waals surface area contributed by atoms with Crippen molar-refractivity contribution in [2.24, 2.45) is 5.92 Å². The summed E-state index contributed by atoms with van der Waals surface area (Å²) in [7, 11) is 0. The van der Waals surface area contributed by atoms with E-state index in [1.165, 1.54) is 24.3 Å². The Morgan fingerprint density at radius 3 is 2.16 bits per heavy atom. The molecule has 7 nitrogen and oxygen atoms in total. The van der Waals surface area contributed by atoms with Crippen LogP contribution in [-0.4, -0.2) is 27.3 Å². The van der Waals surface area contributed by atoms with Crippen molar-refractivity contribution in [1.29, 1.82) is 0 Å². The molecule has 0 bridgehead atoms. The fraction of sp³-hybridized carbons (Fsp3) is 0.125. The molecule has 0 radical (unpaired) electrons. The molecule has 1 aliphatic carbocycles. The summed E-state index contributed by atoms with van der Waals surface area (Å²) in [5, 5.41) is 15.8. The van der Waals surface area contributed by atoms with Gasteiger partial charge in [0.05, 0.1) is 22.2 Å². The quantitative estimate of drug-likeness (QED) is 0.210. The lowest BCUT2D eigenvalue weighted by Gasteiger charge is -2.13. The number of rotatable bonds is 6. The zero-order chi connectivity index (χ0) is 27.9. The Kier molecular flexibility index (Phi) is 7.97. The Labute approximate surface area is 239 Å². The van der Waals surface area contributed by atoms with E-state index >= 15 is 0 Å². The minimum Gasteiger partial charge on any atom is -0.465 e. The number of hydrogen-bond acceptors (Lipinski definition) is 3. The van der Waals surface area contributed by atoms with E-state index in [4.69, 9.17) is 63.1 Å². The van der Waals surface area contributed by atoms with Crippen molar-refractivity contribution in [3.05, 3.63) is 86.4 Å². The van der Waals surface area contributed by atoms with Gasteiger partial charge in [0, 0.05) is 21.7 Å². The molecular formula is C24H14Cl5F2N3O4. The molecule has 2 unspecified atom stereocenters. The Hall–Kier alpha value is -2.82. The zero-order valence-electron chi connectivity index (χ0n) is 18.6. The number of benzene rings is 3. The largest absolute Gasteiger partial charge is 0.465 e. The third-order valence-electron chi connectivity index (χ3n) is 5.63. The van der Waals surface area contributed by atoms with Crippen LogP contribution in [0.5, 0.6) is 0 Å². The summed E-state index contributed by atoms with van der Waals surface area (Å²) in [5.41, 5.74) is -1.04. The molecule has 1 aliphatic rings. The van der Waals surface area contributed by atoms with Gasteiger partial charge in [0.2, 0.25) is 5.91 Å². The highest BCUT2D eigenvalue weighted by molar-refractivity contribution is 6.53. The van der Waals surface area contributed by atoms with E-state index in [1.807, 2.05) is 5.32 Å². The first-order chi connectivity index (χ1) is 17.8. The van der Waals surface area contributed by atoms with Crippen molar-refractivity contribution in [3.8, 4) is 0 Å². The van der Waals surface area contributed by atoms with Crippen LogP contribution in [-0.2, 0) is 4.79 Å². The van der Waals surface area contributed by atoms with Crippen molar-refractivity contribution >= 4 is 93.0 Å². The average molecular weight is 624 g/mol.